The Hall–Kier alpha value is -2.69. The van der Waals surface area contributed by atoms with E-state index >= 15 is 0 Å². The van der Waals surface area contributed by atoms with E-state index in [1.54, 1.807) is 6.20 Å². The van der Waals surface area contributed by atoms with E-state index in [-0.39, 0.29) is 11.4 Å². The highest BCUT2D eigenvalue weighted by Crippen LogP contribution is 2.55. The second kappa shape index (κ2) is 5.90. The van der Waals surface area contributed by atoms with Crippen molar-refractivity contribution in [2.24, 2.45) is 22.7 Å². The zero-order chi connectivity index (χ0) is 18.7. The lowest BCUT2D eigenvalue weighted by molar-refractivity contribution is -0.115. The van der Waals surface area contributed by atoms with Gasteiger partial charge in [0.25, 0.3) is 5.91 Å². The van der Waals surface area contributed by atoms with E-state index in [4.69, 9.17) is 0 Å². The van der Waals surface area contributed by atoms with Crippen LogP contribution in [0.1, 0.15) is 44.1 Å². The van der Waals surface area contributed by atoms with Gasteiger partial charge in [-0.3, -0.25) is 15.1 Å². The predicted molar refractivity (Wildman–Crippen MR) is 109 cm³/mol. The summed E-state index contributed by atoms with van der Waals surface area (Å²) in [7, 11) is 0. The maximum absolute atomic E-state index is 12.5. The highest BCUT2D eigenvalue weighted by molar-refractivity contribution is 6.14. The quantitative estimate of drug-likeness (QED) is 0.792. The number of nitrogens with one attached hydrogen (secondary N) is 2. The zero-order valence-corrected chi connectivity index (χ0v) is 15.8. The molecular weight excluding hydrogens is 348 g/mol. The van der Waals surface area contributed by atoms with E-state index in [9.17, 15) is 4.79 Å². The minimum atomic E-state index is -0.123. The molecule has 4 aliphatic carbocycles. The van der Waals surface area contributed by atoms with Crippen molar-refractivity contribution in [2.45, 2.75) is 44.1 Å². The van der Waals surface area contributed by atoms with Crippen molar-refractivity contribution >= 4 is 28.7 Å². The number of aromatic nitrogens is 1. The monoisotopic (exact) mass is 372 g/mol. The first kappa shape index (κ1) is 16.3. The fourth-order valence-corrected chi connectivity index (χ4v) is 6.39. The molecular formula is C23H24N4O. The van der Waals surface area contributed by atoms with Crippen molar-refractivity contribution in [1.82, 2.24) is 15.6 Å². The molecule has 1 aromatic carbocycles. The molecule has 1 aliphatic heterocycles. The predicted octanol–water partition coefficient (Wildman–Crippen LogP) is 3.62. The van der Waals surface area contributed by atoms with Crippen LogP contribution in [0.4, 0.5) is 0 Å². The van der Waals surface area contributed by atoms with E-state index in [2.05, 4.69) is 26.7 Å². The number of benzene rings is 1. The summed E-state index contributed by atoms with van der Waals surface area (Å²) in [6.07, 6.45) is 13.4. The van der Waals surface area contributed by atoms with E-state index in [1.807, 2.05) is 30.5 Å². The van der Waals surface area contributed by atoms with Crippen LogP contribution >= 0.6 is 0 Å². The number of amides is 1. The van der Waals surface area contributed by atoms with Crippen LogP contribution in [-0.4, -0.2) is 22.4 Å². The summed E-state index contributed by atoms with van der Waals surface area (Å²) in [4.78, 5) is 21.3. The molecule has 0 radical (unpaired) electrons. The lowest BCUT2D eigenvalue weighted by atomic mass is 9.53. The molecule has 2 N–H and O–H groups in total. The molecule has 5 aliphatic rings. The lowest BCUT2D eigenvalue weighted by Gasteiger charge is -2.57. The number of guanidine groups is 1. The molecule has 2 aromatic rings. The minimum absolute atomic E-state index is 0.123. The normalized spacial score (nSPS) is 34.7. The van der Waals surface area contributed by atoms with Crippen molar-refractivity contribution in [2.75, 3.05) is 0 Å². The molecule has 142 valence electrons. The van der Waals surface area contributed by atoms with Gasteiger partial charge in [0.2, 0.25) is 5.96 Å². The number of fused-ring (bicyclic) bond motifs is 1. The third kappa shape index (κ3) is 2.72. The van der Waals surface area contributed by atoms with Crippen molar-refractivity contribution in [3.63, 3.8) is 0 Å². The van der Waals surface area contributed by atoms with Crippen molar-refractivity contribution < 1.29 is 4.79 Å². The Morgan fingerprint density at radius 3 is 2.54 bits per heavy atom. The highest BCUT2D eigenvalue weighted by Gasteiger charge is 2.51. The molecule has 1 aromatic heterocycles. The lowest BCUT2D eigenvalue weighted by Crippen LogP contribution is -2.61. The highest BCUT2D eigenvalue weighted by atomic mass is 16.2. The molecule has 5 nitrogen and oxygen atoms in total. The van der Waals surface area contributed by atoms with Crippen LogP contribution in [0.3, 0.4) is 0 Å². The van der Waals surface area contributed by atoms with Gasteiger partial charge in [0.1, 0.15) is 5.70 Å². The topological polar surface area (TPSA) is 66.4 Å². The number of hydrogen-bond acceptors (Lipinski definition) is 4. The second-order valence-electron chi connectivity index (χ2n) is 9.25. The third-order valence-corrected chi connectivity index (χ3v) is 7.09. The SMILES string of the molecule is O=C1NC(NC23CC4CC(CC(C4)C2)C3)=N/C1=C\c1ccc2cnccc2c1. The molecule has 4 bridgehead atoms. The summed E-state index contributed by atoms with van der Waals surface area (Å²) >= 11 is 0. The zero-order valence-electron chi connectivity index (χ0n) is 15.8. The van der Waals surface area contributed by atoms with Gasteiger partial charge in [-0.15, -0.1) is 0 Å². The van der Waals surface area contributed by atoms with Crippen molar-refractivity contribution in [1.29, 1.82) is 0 Å². The summed E-state index contributed by atoms with van der Waals surface area (Å²) < 4.78 is 0. The first-order chi connectivity index (χ1) is 13.6. The van der Waals surface area contributed by atoms with Crippen molar-refractivity contribution in [3.05, 3.63) is 47.9 Å². The maximum atomic E-state index is 12.5. The van der Waals surface area contributed by atoms with E-state index in [0.717, 1.165) is 34.1 Å². The third-order valence-electron chi connectivity index (χ3n) is 7.09. The molecule has 4 fully saturated rings. The van der Waals surface area contributed by atoms with Crippen LogP contribution in [0, 0.1) is 17.8 Å². The van der Waals surface area contributed by atoms with Gasteiger partial charge >= 0.3 is 0 Å². The average molecular weight is 372 g/mol. The fraction of sp³-hybridized carbons (Fsp3) is 0.435. The Morgan fingerprint density at radius 1 is 1.04 bits per heavy atom. The summed E-state index contributed by atoms with van der Waals surface area (Å²) in [6.45, 7) is 0. The van der Waals surface area contributed by atoms with Gasteiger partial charge in [-0.25, -0.2) is 4.99 Å². The van der Waals surface area contributed by atoms with E-state index < -0.39 is 0 Å². The van der Waals surface area contributed by atoms with Gasteiger partial charge in [-0.05, 0) is 85.4 Å². The molecule has 28 heavy (non-hydrogen) atoms. The van der Waals surface area contributed by atoms with Gasteiger partial charge in [0, 0.05) is 23.3 Å². The summed E-state index contributed by atoms with van der Waals surface area (Å²) in [6, 6.07) is 8.08. The number of carbonyl (C=O) groups is 1. The molecule has 5 heteroatoms. The minimum Gasteiger partial charge on any atom is -0.350 e. The molecule has 7 rings (SSSR count). The van der Waals surface area contributed by atoms with E-state index in [1.165, 1.54) is 38.5 Å². The first-order valence-electron chi connectivity index (χ1n) is 10.4. The Kier molecular flexibility index (Phi) is 3.43. The Balaban J connectivity index is 1.26. The van der Waals surface area contributed by atoms with Crippen LogP contribution in [0.5, 0.6) is 0 Å². The van der Waals surface area contributed by atoms with Crippen LogP contribution in [0.25, 0.3) is 16.8 Å². The van der Waals surface area contributed by atoms with Gasteiger partial charge in [-0.2, -0.15) is 0 Å². The average Bonchev–Trinajstić information content (AvgIpc) is 2.98. The van der Waals surface area contributed by atoms with Crippen molar-refractivity contribution in [3.8, 4) is 0 Å². The maximum Gasteiger partial charge on any atom is 0.276 e. The molecule has 2 heterocycles. The summed E-state index contributed by atoms with van der Waals surface area (Å²) in [5.74, 6) is 3.10. The number of hydrogen-bond donors (Lipinski definition) is 2. The number of nitrogens with zero attached hydrogens (tertiary/aromatic N) is 2. The standard InChI is InChI=1S/C23H24N4O/c28-21-20(9-14-1-2-19-13-24-4-3-18(19)8-14)25-22(26-21)27-23-10-15-5-16(11-23)7-17(6-15)12-23/h1-4,8-9,13,15-17H,5-7,10-12H2,(H2,25,26,27,28)/b20-9-. The van der Waals surface area contributed by atoms with Gasteiger partial charge in [-0.1, -0.05) is 12.1 Å². The number of rotatable bonds is 2. The molecule has 0 spiro atoms. The van der Waals surface area contributed by atoms with Crippen LogP contribution < -0.4 is 10.6 Å². The molecule has 0 saturated heterocycles. The van der Waals surface area contributed by atoms with Crippen LogP contribution in [0.2, 0.25) is 0 Å². The Bertz CT molecular complexity index is 1000. The molecule has 0 atom stereocenters. The number of pyridine rings is 1. The second-order valence-corrected chi connectivity index (χ2v) is 9.25. The number of aliphatic imine (C=N–C) groups is 1. The van der Waals surface area contributed by atoms with Crippen LogP contribution in [0.15, 0.2) is 47.3 Å². The van der Waals surface area contributed by atoms with Gasteiger partial charge in [0.05, 0.1) is 0 Å². The molecule has 1 amide bonds. The fourth-order valence-electron chi connectivity index (χ4n) is 6.39. The smallest absolute Gasteiger partial charge is 0.276 e. The summed E-state index contributed by atoms with van der Waals surface area (Å²) in [5.41, 5.74) is 1.59. The van der Waals surface area contributed by atoms with E-state index in [0.29, 0.717) is 11.7 Å². The summed E-state index contributed by atoms with van der Waals surface area (Å²) in [5, 5.41) is 8.83. The molecule has 0 unspecified atom stereocenters. The number of carbonyl (C=O) groups excluding carboxylic acids is 1. The largest absolute Gasteiger partial charge is 0.350 e. The Labute approximate surface area is 164 Å². The molecule has 4 saturated carbocycles. The van der Waals surface area contributed by atoms with Gasteiger partial charge < -0.3 is 5.32 Å². The Morgan fingerprint density at radius 2 is 1.79 bits per heavy atom. The van der Waals surface area contributed by atoms with Crippen LogP contribution in [-0.2, 0) is 4.79 Å². The first-order valence-corrected chi connectivity index (χ1v) is 10.4. The van der Waals surface area contributed by atoms with Gasteiger partial charge in [0.15, 0.2) is 0 Å².